The highest BCUT2D eigenvalue weighted by molar-refractivity contribution is 7.10. The molecule has 152 valence electrons. The van der Waals surface area contributed by atoms with E-state index in [4.69, 9.17) is 0 Å². The van der Waals surface area contributed by atoms with Gasteiger partial charge >= 0.3 is 6.03 Å². The van der Waals surface area contributed by atoms with Crippen molar-refractivity contribution in [3.05, 3.63) is 57.8 Å². The van der Waals surface area contributed by atoms with Crippen molar-refractivity contribution in [3.8, 4) is 0 Å². The van der Waals surface area contributed by atoms with Crippen molar-refractivity contribution in [2.45, 2.75) is 53.2 Å². The van der Waals surface area contributed by atoms with Gasteiger partial charge in [0.05, 0.1) is 6.54 Å². The van der Waals surface area contributed by atoms with Gasteiger partial charge in [-0.1, -0.05) is 37.3 Å². The molecule has 0 saturated carbocycles. The monoisotopic (exact) mass is 401 g/mol. The molecule has 0 aliphatic heterocycles. The van der Waals surface area contributed by atoms with Crippen molar-refractivity contribution >= 4 is 23.3 Å². The number of rotatable bonds is 9. The van der Waals surface area contributed by atoms with Crippen LogP contribution in [0.5, 0.6) is 0 Å². The van der Waals surface area contributed by atoms with Gasteiger partial charge in [0.15, 0.2) is 0 Å². The average Bonchev–Trinajstić information content (AvgIpc) is 3.10. The van der Waals surface area contributed by atoms with Gasteiger partial charge in [0.1, 0.15) is 6.54 Å². The van der Waals surface area contributed by atoms with E-state index >= 15 is 0 Å². The van der Waals surface area contributed by atoms with Gasteiger partial charge in [-0.2, -0.15) is 0 Å². The first kappa shape index (κ1) is 22.0. The molecule has 0 aliphatic carbocycles. The van der Waals surface area contributed by atoms with E-state index in [0.717, 1.165) is 12.0 Å². The Morgan fingerprint density at radius 1 is 1.11 bits per heavy atom. The van der Waals surface area contributed by atoms with Crippen molar-refractivity contribution in [3.63, 3.8) is 0 Å². The Kier molecular flexibility index (Phi) is 8.51. The molecule has 3 amide bonds. The summed E-state index contributed by atoms with van der Waals surface area (Å²) in [5, 5.41) is 4.88. The van der Waals surface area contributed by atoms with Crippen LogP contribution >= 0.6 is 11.3 Å². The lowest BCUT2D eigenvalue weighted by molar-refractivity contribution is -0.133. The molecule has 0 bridgehead atoms. The number of nitrogens with zero attached hydrogens (tertiary/aromatic N) is 2. The minimum atomic E-state index is -0.183. The van der Waals surface area contributed by atoms with E-state index in [1.165, 1.54) is 10.4 Å². The minimum absolute atomic E-state index is 0.00227. The van der Waals surface area contributed by atoms with E-state index in [0.29, 0.717) is 19.6 Å². The number of nitrogens with one attached hydrogen (secondary N) is 1. The van der Waals surface area contributed by atoms with Gasteiger partial charge < -0.3 is 15.1 Å². The second kappa shape index (κ2) is 10.9. The normalized spacial score (nSPS) is 11.7. The third kappa shape index (κ3) is 6.09. The van der Waals surface area contributed by atoms with Crippen LogP contribution in [0.1, 0.15) is 43.2 Å². The molecule has 0 unspecified atom stereocenters. The molecule has 1 N–H and O–H groups in total. The Bertz CT molecular complexity index is 760. The zero-order valence-corrected chi connectivity index (χ0v) is 18.1. The highest BCUT2D eigenvalue weighted by Crippen LogP contribution is 2.20. The fraction of sp³-hybridized carbons (Fsp3) is 0.455. The van der Waals surface area contributed by atoms with Crippen LogP contribution in [0.4, 0.5) is 4.79 Å². The number of aryl methyl sites for hydroxylation is 1. The third-order valence-electron chi connectivity index (χ3n) is 4.89. The zero-order chi connectivity index (χ0) is 20.5. The second-order valence-corrected chi connectivity index (χ2v) is 7.98. The number of hydrogen-bond acceptors (Lipinski definition) is 3. The van der Waals surface area contributed by atoms with Gasteiger partial charge in [-0.05, 0) is 49.8 Å². The highest BCUT2D eigenvalue weighted by atomic mass is 32.1. The smallest absolute Gasteiger partial charge is 0.318 e. The van der Waals surface area contributed by atoms with Crippen molar-refractivity contribution in [1.29, 1.82) is 0 Å². The third-order valence-corrected chi connectivity index (χ3v) is 5.90. The zero-order valence-electron chi connectivity index (χ0n) is 17.3. The molecule has 0 spiro atoms. The van der Waals surface area contributed by atoms with Crippen LogP contribution < -0.4 is 5.32 Å². The van der Waals surface area contributed by atoms with E-state index in [2.05, 4.69) is 23.7 Å². The van der Waals surface area contributed by atoms with Crippen LogP contribution in [-0.2, 0) is 17.9 Å². The Balaban J connectivity index is 2.20. The van der Waals surface area contributed by atoms with Crippen molar-refractivity contribution in [2.24, 2.45) is 0 Å². The number of thiophene rings is 1. The maximum absolute atomic E-state index is 13.2. The van der Waals surface area contributed by atoms with Crippen molar-refractivity contribution < 1.29 is 9.59 Å². The molecule has 1 atom stereocenters. The highest BCUT2D eigenvalue weighted by Gasteiger charge is 2.25. The van der Waals surface area contributed by atoms with E-state index in [-0.39, 0.29) is 24.5 Å². The summed E-state index contributed by atoms with van der Waals surface area (Å²) in [5.41, 5.74) is 2.27. The lowest BCUT2D eigenvalue weighted by Crippen LogP contribution is -2.50. The van der Waals surface area contributed by atoms with Crippen molar-refractivity contribution in [1.82, 2.24) is 15.1 Å². The topological polar surface area (TPSA) is 52.7 Å². The fourth-order valence-corrected chi connectivity index (χ4v) is 3.84. The molecule has 6 heteroatoms. The Morgan fingerprint density at radius 2 is 1.82 bits per heavy atom. The van der Waals surface area contributed by atoms with Crippen LogP contribution in [0, 0.1) is 6.92 Å². The predicted molar refractivity (Wildman–Crippen MR) is 115 cm³/mol. The van der Waals surface area contributed by atoms with E-state index < -0.39 is 0 Å². The average molecular weight is 402 g/mol. The maximum atomic E-state index is 13.2. The molecular weight excluding hydrogens is 370 g/mol. The molecule has 0 saturated heterocycles. The van der Waals surface area contributed by atoms with Crippen LogP contribution in [-0.4, -0.2) is 40.9 Å². The largest absolute Gasteiger partial charge is 0.338 e. The van der Waals surface area contributed by atoms with E-state index in [1.54, 1.807) is 16.2 Å². The molecule has 0 fully saturated rings. The Hall–Kier alpha value is -2.34. The SMILES string of the molecule is CCNC(=O)N(CC(=O)N(Cc1ccccc1)Cc1sccc1C)[C@@H](C)CC. The van der Waals surface area contributed by atoms with Gasteiger partial charge in [0.25, 0.3) is 0 Å². The lowest BCUT2D eigenvalue weighted by atomic mass is 10.2. The minimum Gasteiger partial charge on any atom is -0.338 e. The van der Waals surface area contributed by atoms with Crippen LogP contribution in [0.25, 0.3) is 0 Å². The van der Waals surface area contributed by atoms with Crippen LogP contribution in [0.15, 0.2) is 41.8 Å². The second-order valence-electron chi connectivity index (χ2n) is 6.98. The van der Waals surface area contributed by atoms with Gasteiger partial charge in [-0.3, -0.25) is 4.79 Å². The summed E-state index contributed by atoms with van der Waals surface area (Å²) in [6, 6.07) is 11.9. The summed E-state index contributed by atoms with van der Waals surface area (Å²) in [5.74, 6) is -0.0387. The first-order valence-corrected chi connectivity index (χ1v) is 10.7. The van der Waals surface area contributed by atoms with E-state index in [1.807, 2.05) is 56.0 Å². The molecule has 1 aromatic heterocycles. The van der Waals surface area contributed by atoms with Gasteiger partial charge in [-0.25, -0.2) is 4.79 Å². The van der Waals surface area contributed by atoms with Gasteiger partial charge in [-0.15, -0.1) is 11.3 Å². The summed E-state index contributed by atoms with van der Waals surface area (Å²) in [7, 11) is 0. The molecule has 2 rings (SSSR count). The first-order valence-electron chi connectivity index (χ1n) is 9.85. The number of urea groups is 1. The summed E-state index contributed by atoms with van der Waals surface area (Å²) in [6.07, 6.45) is 0.799. The number of benzene rings is 1. The maximum Gasteiger partial charge on any atom is 0.318 e. The summed E-state index contributed by atoms with van der Waals surface area (Å²) < 4.78 is 0. The van der Waals surface area contributed by atoms with Gasteiger partial charge in [0.2, 0.25) is 5.91 Å². The Labute approximate surface area is 172 Å². The first-order chi connectivity index (χ1) is 13.5. The predicted octanol–water partition coefficient (Wildman–Crippen LogP) is 4.42. The van der Waals surface area contributed by atoms with E-state index in [9.17, 15) is 9.59 Å². The summed E-state index contributed by atoms with van der Waals surface area (Å²) >= 11 is 1.66. The number of hydrogen-bond donors (Lipinski definition) is 1. The standard InChI is InChI=1S/C22H31N3O2S/c1-5-18(4)25(22(27)23-6-2)16-21(26)24(14-19-10-8-7-9-11-19)15-20-17(3)12-13-28-20/h7-13,18H,5-6,14-16H2,1-4H3,(H,23,27)/t18-/m0/s1. The molecule has 0 aliphatic rings. The molecule has 0 radical (unpaired) electrons. The number of carbonyl (C=O) groups is 2. The fourth-order valence-electron chi connectivity index (χ4n) is 2.92. The lowest BCUT2D eigenvalue weighted by Gasteiger charge is -2.31. The number of amides is 3. The quantitative estimate of drug-likeness (QED) is 0.676. The van der Waals surface area contributed by atoms with Crippen LogP contribution in [0.3, 0.4) is 0 Å². The molecular formula is C22H31N3O2S. The van der Waals surface area contributed by atoms with Gasteiger partial charge in [0, 0.05) is 24.0 Å². The summed E-state index contributed by atoms with van der Waals surface area (Å²) in [4.78, 5) is 30.4. The molecule has 2 aromatic rings. The van der Waals surface area contributed by atoms with Crippen LogP contribution in [0.2, 0.25) is 0 Å². The number of carbonyl (C=O) groups excluding carboxylic acids is 2. The molecule has 1 heterocycles. The summed E-state index contributed by atoms with van der Waals surface area (Å²) in [6.45, 7) is 9.67. The molecule has 1 aromatic carbocycles. The molecule has 28 heavy (non-hydrogen) atoms. The molecule has 5 nitrogen and oxygen atoms in total. The Morgan fingerprint density at radius 3 is 2.39 bits per heavy atom. The van der Waals surface area contributed by atoms with Crippen molar-refractivity contribution in [2.75, 3.05) is 13.1 Å².